The molecule has 8 nitrogen and oxygen atoms in total. The number of aliphatic hydroxyl groups is 4. The molecule has 4 aromatic rings. The van der Waals surface area contributed by atoms with E-state index in [2.05, 4.69) is 0 Å². The molecule has 0 aromatic heterocycles. The van der Waals surface area contributed by atoms with Crippen molar-refractivity contribution in [2.24, 2.45) is 0 Å². The third kappa shape index (κ3) is 4.20. The van der Waals surface area contributed by atoms with Crippen molar-refractivity contribution in [2.75, 3.05) is 0 Å². The first-order valence-electron chi connectivity index (χ1n) is 11.5. The Labute approximate surface area is 205 Å². The molecule has 1 fully saturated rings. The number of carbonyl (C=O) groups is 2. The zero-order chi connectivity index (χ0) is 25.4. The molecule has 2 unspecified atom stereocenters. The molecule has 8 heteroatoms. The van der Waals surface area contributed by atoms with Gasteiger partial charge in [-0.15, -0.1) is 0 Å². The van der Waals surface area contributed by atoms with Crippen LogP contribution < -0.4 is 0 Å². The van der Waals surface area contributed by atoms with Gasteiger partial charge in [0.25, 0.3) is 0 Å². The molecule has 0 amide bonds. The highest BCUT2D eigenvalue weighted by atomic mass is 16.6. The topological polar surface area (TPSA) is 134 Å². The average molecular weight is 488 g/mol. The number of benzene rings is 4. The van der Waals surface area contributed by atoms with E-state index >= 15 is 0 Å². The summed E-state index contributed by atoms with van der Waals surface area (Å²) in [6.45, 7) is 0. The van der Waals surface area contributed by atoms with Gasteiger partial charge in [-0.2, -0.15) is 0 Å². The van der Waals surface area contributed by atoms with E-state index in [-0.39, 0.29) is 11.1 Å². The van der Waals surface area contributed by atoms with Gasteiger partial charge < -0.3 is 29.9 Å². The molecule has 5 rings (SSSR count). The van der Waals surface area contributed by atoms with Gasteiger partial charge in [-0.3, -0.25) is 0 Å². The Kier molecular flexibility index (Phi) is 6.42. The van der Waals surface area contributed by atoms with Crippen molar-refractivity contribution < 1.29 is 39.5 Å². The third-order valence-corrected chi connectivity index (χ3v) is 6.55. The standard InChI is InChI=1S/C28H24O8/c29-21-22(30)25(35-27(33)19-13-5-9-15-7-1-3-11-17(15)19)24(32)26(23(21)31)36-28(34)20-14-6-10-16-8-2-4-12-18(16)20/h1-14,21-26,29-32H/t21?,22-,23+,24?,25+,26-. The normalized spacial score (nSPS) is 26.0. The van der Waals surface area contributed by atoms with Gasteiger partial charge in [-0.1, -0.05) is 72.8 Å². The van der Waals surface area contributed by atoms with Gasteiger partial charge in [0.05, 0.1) is 11.1 Å². The van der Waals surface area contributed by atoms with E-state index in [1.807, 2.05) is 36.4 Å². The number of carbonyl (C=O) groups excluding carboxylic acids is 2. The Morgan fingerprint density at radius 2 is 0.889 bits per heavy atom. The fourth-order valence-electron chi connectivity index (χ4n) is 4.64. The van der Waals surface area contributed by atoms with Crippen LogP contribution in [0.25, 0.3) is 21.5 Å². The Balaban J connectivity index is 1.41. The van der Waals surface area contributed by atoms with E-state index in [1.54, 1.807) is 36.4 Å². The summed E-state index contributed by atoms with van der Waals surface area (Å²) >= 11 is 0. The van der Waals surface area contributed by atoms with Crippen LogP contribution in [0.2, 0.25) is 0 Å². The second-order valence-corrected chi connectivity index (χ2v) is 8.76. The Hall–Kier alpha value is -3.82. The number of hydrogen-bond donors (Lipinski definition) is 4. The Morgan fingerprint density at radius 3 is 1.33 bits per heavy atom. The summed E-state index contributed by atoms with van der Waals surface area (Å²) in [4.78, 5) is 26.0. The summed E-state index contributed by atoms with van der Waals surface area (Å²) in [5, 5.41) is 45.1. The fourth-order valence-corrected chi connectivity index (χ4v) is 4.64. The van der Waals surface area contributed by atoms with Gasteiger partial charge in [-0.25, -0.2) is 9.59 Å². The van der Waals surface area contributed by atoms with Crippen LogP contribution in [0, 0.1) is 0 Å². The summed E-state index contributed by atoms with van der Waals surface area (Å²) in [5.41, 5.74) is 0.384. The summed E-state index contributed by atoms with van der Waals surface area (Å²) < 4.78 is 10.8. The van der Waals surface area contributed by atoms with E-state index in [0.717, 1.165) is 10.8 Å². The number of hydrogen-bond acceptors (Lipinski definition) is 8. The second-order valence-electron chi connectivity index (χ2n) is 8.76. The van der Waals surface area contributed by atoms with Gasteiger partial charge in [0.1, 0.15) is 24.4 Å². The number of aliphatic hydroxyl groups excluding tert-OH is 4. The highest BCUT2D eigenvalue weighted by Crippen LogP contribution is 2.29. The lowest BCUT2D eigenvalue weighted by molar-refractivity contribution is -0.223. The first-order chi connectivity index (χ1) is 17.4. The number of rotatable bonds is 4. The van der Waals surface area contributed by atoms with Gasteiger partial charge in [0.2, 0.25) is 0 Å². The van der Waals surface area contributed by atoms with Crippen molar-refractivity contribution in [1.82, 2.24) is 0 Å². The minimum atomic E-state index is -1.84. The molecule has 0 bridgehead atoms. The van der Waals surface area contributed by atoms with Crippen molar-refractivity contribution in [3.05, 3.63) is 96.1 Å². The predicted octanol–water partition coefficient (Wildman–Crippen LogP) is 2.20. The minimum Gasteiger partial charge on any atom is -0.453 e. The number of ether oxygens (including phenoxy) is 2. The lowest BCUT2D eigenvalue weighted by Gasteiger charge is -2.42. The molecule has 0 heterocycles. The van der Waals surface area contributed by atoms with Crippen LogP contribution in [0.5, 0.6) is 0 Å². The van der Waals surface area contributed by atoms with Crippen LogP contribution in [0.1, 0.15) is 20.7 Å². The summed E-state index contributed by atoms with van der Waals surface area (Å²) in [6, 6.07) is 24.3. The molecule has 0 aliphatic heterocycles. The average Bonchev–Trinajstić information content (AvgIpc) is 2.91. The van der Waals surface area contributed by atoms with Crippen molar-refractivity contribution in [3.8, 4) is 0 Å². The molecule has 6 atom stereocenters. The summed E-state index contributed by atoms with van der Waals surface area (Å²) in [7, 11) is 0. The van der Waals surface area contributed by atoms with Gasteiger partial charge in [-0.05, 0) is 33.7 Å². The molecule has 0 saturated heterocycles. The zero-order valence-electron chi connectivity index (χ0n) is 19.0. The monoisotopic (exact) mass is 488 g/mol. The van der Waals surface area contributed by atoms with E-state index in [0.29, 0.717) is 10.8 Å². The van der Waals surface area contributed by atoms with Crippen LogP contribution in [0.15, 0.2) is 84.9 Å². The zero-order valence-corrected chi connectivity index (χ0v) is 19.0. The maximum absolute atomic E-state index is 13.0. The highest BCUT2D eigenvalue weighted by molar-refractivity contribution is 6.05. The summed E-state index contributed by atoms with van der Waals surface area (Å²) in [5.74, 6) is -1.70. The Bertz CT molecular complexity index is 1320. The predicted molar refractivity (Wildman–Crippen MR) is 130 cm³/mol. The second kappa shape index (κ2) is 9.67. The summed E-state index contributed by atoms with van der Waals surface area (Å²) in [6.07, 6.45) is -10.6. The first-order valence-corrected chi connectivity index (χ1v) is 11.5. The van der Waals surface area contributed by atoms with Crippen LogP contribution in [-0.2, 0) is 9.47 Å². The molecule has 1 aliphatic carbocycles. The lowest BCUT2D eigenvalue weighted by atomic mass is 9.84. The molecule has 4 aromatic carbocycles. The van der Waals surface area contributed by atoms with E-state index in [9.17, 15) is 30.0 Å². The van der Waals surface area contributed by atoms with Crippen LogP contribution in [0.3, 0.4) is 0 Å². The molecule has 4 N–H and O–H groups in total. The van der Waals surface area contributed by atoms with Crippen molar-refractivity contribution >= 4 is 33.5 Å². The van der Waals surface area contributed by atoms with Crippen molar-refractivity contribution in [1.29, 1.82) is 0 Å². The minimum absolute atomic E-state index is 0.192. The van der Waals surface area contributed by atoms with Crippen molar-refractivity contribution in [3.63, 3.8) is 0 Å². The van der Waals surface area contributed by atoms with Gasteiger partial charge >= 0.3 is 11.9 Å². The Morgan fingerprint density at radius 1 is 0.500 bits per heavy atom. The maximum Gasteiger partial charge on any atom is 0.339 e. The fraction of sp³-hybridized carbons (Fsp3) is 0.214. The SMILES string of the molecule is O=C(O[C@@H]1C(O)[C@H](OC(=O)c2cccc3ccccc23)[C@@H](O)C(O)[C@H]1O)c1cccc2ccccc12. The molecule has 0 radical (unpaired) electrons. The van der Waals surface area contributed by atoms with E-state index < -0.39 is 48.6 Å². The number of esters is 2. The highest BCUT2D eigenvalue weighted by Gasteiger charge is 2.52. The molecular formula is C28H24O8. The van der Waals surface area contributed by atoms with Gasteiger partial charge in [0, 0.05) is 0 Å². The molecule has 0 spiro atoms. The first kappa shape index (κ1) is 23.9. The largest absolute Gasteiger partial charge is 0.453 e. The van der Waals surface area contributed by atoms with Crippen LogP contribution in [0.4, 0.5) is 0 Å². The molecular weight excluding hydrogens is 464 g/mol. The lowest BCUT2D eigenvalue weighted by Crippen LogP contribution is -2.65. The van der Waals surface area contributed by atoms with Gasteiger partial charge in [0.15, 0.2) is 12.2 Å². The molecule has 1 aliphatic rings. The van der Waals surface area contributed by atoms with Crippen LogP contribution in [-0.4, -0.2) is 69.0 Å². The maximum atomic E-state index is 13.0. The molecule has 184 valence electrons. The number of fused-ring (bicyclic) bond motifs is 2. The smallest absolute Gasteiger partial charge is 0.339 e. The molecule has 1 saturated carbocycles. The third-order valence-electron chi connectivity index (χ3n) is 6.55. The quantitative estimate of drug-likeness (QED) is 0.321. The van der Waals surface area contributed by atoms with Crippen molar-refractivity contribution in [2.45, 2.75) is 36.6 Å². The van der Waals surface area contributed by atoms with E-state index in [1.165, 1.54) is 12.1 Å². The van der Waals surface area contributed by atoms with Crippen LogP contribution >= 0.6 is 0 Å². The molecule has 36 heavy (non-hydrogen) atoms. The van der Waals surface area contributed by atoms with E-state index in [4.69, 9.17) is 9.47 Å².